The fraction of sp³-hybridized carbons (Fsp3) is 0.0769. The Morgan fingerprint density at radius 3 is 2.58 bits per heavy atom. The van der Waals surface area contributed by atoms with Gasteiger partial charge in [-0.3, -0.25) is 0 Å². The van der Waals surface area contributed by atoms with Gasteiger partial charge in [0.15, 0.2) is 0 Å². The number of rotatable bonds is 2. The van der Waals surface area contributed by atoms with Gasteiger partial charge in [0.25, 0.3) is 0 Å². The van der Waals surface area contributed by atoms with Crippen LogP contribution >= 0.6 is 0 Å². The normalized spacial score (nSPS) is 12.7. The van der Waals surface area contributed by atoms with Gasteiger partial charge in [0.1, 0.15) is 5.65 Å². The van der Waals surface area contributed by atoms with Crippen molar-refractivity contribution in [2.45, 2.75) is 6.04 Å². The van der Waals surface area contributed by atoms with Crippen LogP contribution in [0.3, 0.4) is 0 Å². The molecule has 3 aromatic rings. The number of aromatic nitrogens is 3. The Kier molecular flexibility index (Phi) is 2.57. The first-order valence-corrected chi connectivity index (χ1v) is 5.85. The predicted octanol–water partition coefficient (Wildman–Crippen LogP) is 1.17. The van der Waals surface area contributed by atoms with E-state index in [1.807, 2.05) is 30.5 Å². The van der Waals surface area contributed by atoms with Gasteiger partial charge >= 0.3 is 0 Å². The minimum Gasteiger partial charge on any atom is -0.399 e. The van der Waals surface area contributed by atoms with Crippen molar-refractivity contribution < 1.29 is 0 Å². The molecule has 0 aliphatic carbocycles. The van der Waals surface area contributed by atoms with Crippen molar-refractivity contribution in [3.63, 3.8) is 0 Å². The number of H-pyrrole nitrogens is 1. The zero-order valence-corrected chi connectivity index (χ0v) is 10.2. The summed E-state index contributed by atoms with van der Waals surface area (Å²) >= 11 is 0. The molecule has 2 aromatic heterocycles. The summed E-state index contributed by atoms with van der Waals surface area (Å²) in [6.45, 7) is 0. The standard InChI is InChI=1S/C13H14N6/c14-8-3-1-7(2-4-8)11(15)9-5-17-12-10(9)6-18-13(16)19-12/h1-6,11H,14-15H2,(H3,16,17,18,19). The summed E-state index contributed by atoms with van der Waals surface area (Å²) in [5.41, 5.74) is 20.8. The maximum atomic E-state index is 6.27. The minimum absolute atomic E-state index is 0.238. The average Bonchev–Trinajstić information content (AvgIpc) is 2.81. The van der Waals surface area contributed by atoms with Crippen LogP contribution in [-0.2, 0) is 0 Å². The van der Waals surface area contributed by atoms with Gasteiger partial charge in [-0.25, -0.2) is 4.98 Å². The van der Waals surface area contributed by atoms with Gasteiger partial charge in [-0.05, 0) is 17.7 Å². The number of nitrogen functional groups attached to an aromatic ring is 2. The summed E-state index contributed by atoms with van der Waals surface area (Å²) in [6, 6.07) is 7.23. The molecular weight excluding hydrogens is 240 g/mol. The molecule has 96 valence electrons. The second-order valence-electron chi connectivity index (χ2n) is 4.38. The number of hydrogen-bond acceptors (Lipinski definition) is 5. The Labute approximate surface area is 109 Å². The van der Waals surface area contributed by atoms with E-state index in [1.165, 1.54) is 0 Å². The maximum absolute atomic E-state index is 6.27. The third-order valence-corrected chi connectivity index (χ3v) is 3.11. The summed E-state index contributed by atoms with van der Waals surface area (Å²) in [6.07, 6.45) is 3.51. The van der Waals surface area contributed by atoms with E-state index in [0.29, 0.717) is 11.3 Å². The Bertz CT molecular complexity index is 716. The molecular formula is C13H14N6. The number of hydrogen-bond donors (Lipinski definition) is 4. The van der Waals surface area contributed by atoms with Crippen molar-refractivity contribution >= 4 is 22.7 Å². The second-order valence-corrected chi connectivity index (χ2v) is 4.38. The smallest absolute Gasteiger partial charge is 0.221 e. The third-order valence-electron chi connectivity index (χ3n) is 3.11. The van der Waals surface area contributed by atoms with Gasteiger partial charge in [0.2, 0.25) is 5.95 Å². The number of fused-ring (bicyclic) bond motifs is 1. The largest absolute Gasteiger partial charge is 0.399 e. The highest BCUT2D eigenvalue weighted by atomic mass is 15.0. The van der Waals surface area contributed by atoms with Crippen LogP contribution in [0.1, 0.15) is 17.2 Å². The quantitative estimate of drug-likeness (QED) is 0.512. The minimum atomic E-state index is -0.262. The van der Waals surface area contributed by atoms with Crippen LogP contribution in [0.15, 0.2) is 36.7 Å². The molecule has 0 amide bonds. The van der Waals surface area contributed by atoms with Crippen molar-refractivity contribution in [2.24, 2.45) is 5.73 Å². The zero-order valence-electron chi connectivity index (χ0n) is 10.2. The molecule has 3 rings (SSSR count). The summed E-state index contributed by atoms with van der Waals surface area (Å²) in [4.78, 5) is 11.2. The lowest BCUT2D eigenvalue weighted by Crippen LogP contribution is -2.11. The fourth-order valence-corrected chi connectivity index (χ4v) is 2.08. The number of anilines is 2. The highest BCUT2D eigenvalue weighted by Crippen LogP contribution is 2.26. The Hall–Kier alpha value is -2.60. The predicted molar refractivity (Wildman–Crippen MR) is 75.2 cm³/mol. The third kappa shape index (κ3) is 1.98. The van der Waals surface area contributed by atoms with Crippen molar-refractivity contribution in [2.75, 3.05) is 11.5 Å². The molecule has 7 N–H and O–H groups in total. The van der Waals surface area contributed by atoms with E-state index < -0.39 is 0 Å². The lowest BCUT2D eigenvalue weighted by atomic mass is 10.00. The topological polar surface area (TPSA) is 120 Å². The van der Waals surface area contributed by atoms with E-state index in [-0.39, 0.29) is 12.0 Å². The van der Waals surface area contributed by atoms with Gasteiger partial charge in [0.05, 0.1) is 6.04 Å². The molecule has 6 heteroatoms. The van der Waals surface area contributed by atoms with Gasteiger partial charge in [0, 0.05) is 29.0 Å². The molecule has 0 saturated carbocycles. The molecule has 2 heterocycles. The average molecular weight is 254 g/mol. The zero-order chi connectivity index (χ0) is 13.4. The second kappa shape index (κ2) is 4.25. The van der Waals surface area contributed by atoms with E-state index >= 15 is 0 Å². The number of benzene rings is 1. The summed E-state index contributed by atoms with van der Waals surface area (Å²) in [5, 5.41) is 0.874. The Balaban J connectivity index is 2.06. The first kappa shape index (κ1) is 11.5. The first-order valence-electron chi connectivity index (χ1n) is 5.85. The monoisotopic (exact) mass is 254 g/mol. The number of aromatic amines is 1. The molecule has 0 spiro atoms. The highest BCUT2D eigenvalue weighted by Gasteiger charge is 2.14. The van der Waals surface area contributed by atoms with Gasteiger partial charge in [-0.15, -0.1) is 0 Å². The van der Waals surface area contributed by atoms with E-state index in [4.69, 9.17) is 17.2 Å². The molecule has 1 unspecified atom stereocenters. The van der Waals surface area contributed by atoms with Crippen LogP contribution in [0.4, 0.5) is 11.6 Å². The SMILES string of the molecule is Nc1ccc(C(N)c2c[nH]c3nc(N)ncc23)cc1. The molecule has 0 fully saturated rings. The molecule has 0 aliphatic heterocycles. The summed E-state index contributed by atoms with van der Waals surface area (Å²) < 4.78 is 0. The molecule has 1 aromatic carbocycles. The Morgan fingerprint density at radius 1 is 1.11 bits per heavy atom. The van der Waals surface area contributed by atoms with Gasteiger partial charge in [-0.1, -0.05) is 12.1 Å². The van der Waals surface area contributed by atoms with Gasteiger partial charge in [-0.2, -0.15) is 4.98 Å². The molecule has 0 aliphatic rings. The Morgan fingerprint density at radius 2 is 1.84 bits per heavy atom. The molecule has 0 bridgehead atoms. The van der Waals surface area contributed by atoms with Crippen LogP contribution < -0.4 is 17.2 Å². The van der Waals surface area contributed by atoms with Crippen LogP contribution in [-0.4, -0.2) is 15.0 Å². The highest BCUT2D eigenvalue weighted by molar-refractivity contribution is 5.80. The van der Waals surface area contributed by atoms with E-state index in [1.54, 1.807) is 6.20 Å². The lowest BCUT2D eigenvalue weighted by molar-refractivity contribution is 0.880. The molecule has 1 atom stereocenters. The molecule has 0 radical (unpaired) electrons. The van der Waals surface area contributed by atoms with Crippen LogP contribution in [0, 0.1) is 0 Å². The van der Waals surface area contributed by atoms with Crippen molar-refractivity contribution in [1.29, 1.82) is 0 Å². The summed E-state index contributed by atoms with van der Waals surface area (Å²) in [5.74, 6) is 0.238. The van der Waals surface area contributed by atoms with E-state index in [9.17, 15) is 0 Å². The fourth-order valence-electron chi connectivity index (χ4n) is 2.08. The van der Waals surface area contributed by atoms with Crippen LogP contribution in [0.25, 0.3) is 11.0 Å². The number of nitrogens with one attached hydrogen (secondary N) is 1. The number of nitrogens with two attached hydrogens (primary N) is 3. The van der Waals surface area contributed by atoms with Crippen LogP contribution in [0.5, 0.6) is 0 Å². The summed E-state index contributed by atoms with van der Waals surface area (Å²) in [7, 11) is 0. The van der Waals surface area contributed by atoms with E-state index in [0.717, 1.165) is 16.5 Å². The molecule has 0 saturated heterocycles. The lowest BCUT2D eigenvalue weighted by Gasteiger charge is -2.11. The van der Waals surface area contributed by atoms with Crippen LogP contribution in [0.2, 0.25) is 0 Å². The van der Waals surface area contributed by atoms with Crippen molar-refractivity contribution in [3.05, 3.63) is 47.8 Å². The first-order chi connectivity index (χ1) is 9.15. The van der Waals surface area contributed by atoms with Gasteiger partial charge < -0.3 is 22.2 Å². The van der Waals surface area contributed by atoms with E-state index in [2.05, 4.69) is 15.0 Å². The molecule has 19 heavy (non-hydrogen) atoms. The maximum Gasteiger partial charge on any atom is 0.221 e. The van der Waals surface area contributed by atoms with Crippen molar-refractivity contribution in [1.82, 2.24) is 15.0 Å². The molecule has 6 nitrogen and oxygen atoms in total. The number of nitrogens with zero attached hydrogens (tertiary/aromatic N) is 2. The van der Waals surface area contributed by atoms with Crippen molar-refractivity contribution in [3.8, 4) is 0 Å².